The second-order valence-electron chi connectivity index (χ2n) is 4.05. The van der Waals surface area contributed by atoms with Crippen molar-refractivity contribution in [2.24, 2.45) is 0 Å². The monoisotopic (exact) mass is 343 g/mol. The van der Waals surface area contributed by atoms with Gasteiger partial charge in [-0.3, -0.25) is 4.79 Å². The van der Waals surface area contributed by atoms with Gasteiger partial charge in [-0.2, -0.15) is 0 Å². The summed E-state index contributed by atoms with van der Waals surface area (Å²) >= 11 is 12.4. The second-order valence-corrected chi connectivity index (χ2v) is 6.17. The van der Waals surface area contributed by atoms with Gasteiger partial charge < -0.3 is 14.8 Å². The van der Waals surface area contributed by atoms with Gasteiger partial charge in [0.2, 0.25) is 0 Å². The first-order chi connectivity index (χ1) is 10.0. The molecular weight excluding hydrogens is 330 g/mol. The van der Waals surface area contributed by atoms with E-state index in [-0.39, 0.29) is 5.91 Å². The van der Waals surface area contributed by atoms with Crippen LogP contribution in [0.3, 0.4) is 0 Å². The summed E-state index contributed by atoms with van der Waals surface area (Å²) in [6.45, 7) is 4.75. The third-order valence-electron chi connectivity index (χ3n) is 2.56. The fraction of sp³-hybridized carbons (Fsp3) is 0.286. The molecule has 0 spiro atoms. The number of carbonyl (C=O) groups excluding carboxylic acids is 1. The third-order valence-corrected chi connectivity index (χ3v) is 4.00. The summed E-state index contributed by atoms with van der Waals surface area (Å²) in [7, 11) is 0. The highest BCUT2D eigenvalue weighted by Crippen LogP contribution is 2.38. The van der Waals surface area contributed by atoms with Gasteiger partial charge in [-0.15, -0.1) is 0 Å². The minimum atomic E-state index is -0.201. The summed E-state index contributed by atoms with van der Waals surface area (Å²) in [5.41, 5.74) is 0.759. The molecular formula is C14H14ClNO3S2. The molecule has 0 aliphatic carbocycles. The number of amides is 1. The molecule has 0 radical (unpaired) electrons. The van der Waals surface area contributed by atoms with E-state index in [1.165, 1.54) is 11.8 Å². The Hall–Kier alpha value is -1.24. The average Bonchev–Trinajstić information content (AvgIpc) is 2.72. The van der Waals surface area contributed by atoms with Crippen LogP contribution in [0.15, 0.2) is 17.0 Å². The molecule has 0 aromatic heterocycles. The zero-order valence-electron chi connectivity index (χ0n) is 11.6. The molecule has 112 valence electrons. The number of carbonyl (C=O) groups is 1. The topological polar surface area (TPSA) is 47.6 Å². The van der Waals surface area contributed by atoms with Gasteiger partial charge in [-0.1, -0.05) is 35.6 Å². The van der Waals surface area contributed by atoms with Gasteiger partial charge in [0.05, 0.1) is 23.1 Å². The molecule has 7 heteroatoms. The summed E-state index contributed by atoms with van der Waals surface area (Å²) in [5.74, 6) is 0.875. The van der Waals surface area contributed by atoms with E-state index in [0.717, 1.165) is 5.56 Å². The van der Waals surface area contributed by atoms with Crippen LogP contribution in [0.5, 0.6) is 11.5 Å². The molecule has 1 aromatic carbocycles. The Kier molecular flexibility index (Phi) is 5.50. The molecule has 1 saturated heterocycles. The number of nitrogens with one attached hydrogen (secondary N) is 1. The van der Waals surface area contributed by atoms with E-state index in [0.29, 0.717) is 39.0 Å². The first-order valence-electron chi connectivity index (χ1n) is 6.39. The Labute approximate surface area is 137 Å². The summed E-state index contributed by atoms with van der Waals surface area (Å²) < 4.78 is 11.5. The van der Waals surface area contributed by atoms with Crippen LogP contribution in [-0.4, -0.2) is 23.4 Å². The second kappa shape index (κ2) is 7.15. The fourth-order valence-electron chi connectivity index (χ4n) is 1.79. The van der Waals surface area contributed by atoms with Gasteiger partial charge in [0, 0.05) is 0 Å². The van der Waals surface area contributed by atoms with E-state index in [1.807, 2.05) is 13.8 Å². The highest BCUT2D eigenvalue weighted by Gasteiger charge is 2.22. The maximum Gasteiger partial charge on any atom is 0.263 e. The lowest BCUT2D eigenvalue weighted by Gasteiger charge is -2.13. The van der Waals surface area contributed by atoms with Crippen molar-refractivity contribution in [3.8, 4) is 11.5 Å². The van der Waals surface area contributed by atoms with Crippen LogP contribution in [0, 0.1) is 0 Å². The SMILES string of the molecule is CCOc1cc(/C=C2/SC(=S)NC2=O)cc(Cl)c1OCC. The van der Waals surface area contributed by atoms with Crippen molar-refractivity contribution in [1.29, 1.82) is 0 Å². The van der Waals surface area contributed by atoms with Crippen molar-refractivity contribution in [3.05, 3.63) is 27.6 Å². The summed E-state index contributed by atoms with van der Waals surface area (Å²) in [5, 5.41) is 3.02. The predicted molar refractivity (Wildman–Crippen MR) is 90.1 cm³/mol. The summed E-state index contributed by atoms with van der Waals surface area (Å²) in [6, 6.07) is 3.53. The minimum absolute atomic E-state index is 0.201. The van der Waals surface area contributed by atoms with Crippen molar-refractivity contribution in [1.82, 2.24) is 5.32 Å². The van der Waals surface area contributed by atoms with Crippen LogP contribution in [-0.2, 0) is 4.79 Å². The Morgan fingerprint density at radius 3 is 2.62 bits per heavy atom. The van der Waals surface area contributed by atoms with E-state index in [1.54, 1.807) is 18.2 Å². The number of rotatable bonds is 5. The molecule has 0 bridgehead atoms. The normalized spacial score (nSPS) is 16.2. The number of ether oxygens (including phenoxy) is 2. The van der Waals surface area contributed by atoms with Crippen molar-refractivity contribution in [3.63, 3.8) is 0 Å². The minimum Gasteiger partial charge on any atom is -0.490 e. The molecule has 1 amide bonds. The van der Waals surface area contributed by atoms with Crippen LogP contribution in [0.25, 0.3) is 6.08 Å². The molecule has 1 heterocycles. The van der Waals surface area contributed by atoms with Crippen LogP contribution < -0.4 is 14.8 Å². The number of hydrogen-bond acceptors (Lipinski definition) is 5. The van der Waals surface area contributed by atoms with Crippen LogP contribution in [0.4, 0.5) is 0 Å². The van der Waals surface area contributed by atoms with Crippen molar-refractivity contribution in [2.75, 3.05) is 13.2 Å². The maximum absolute atomic E-state index is 11.7. The largest absolute Gasteiger partial charge is 0.490 e. The maximum atomic E-state index is 11.7. The van der Waals surface area contributed by atoms with E-state index in [9.17, 15) is 4.79 Å². The Bertz CT molecular complexity index is 616. The number of hydrogen-bond donors (Lipinski definition) is 1. The first-order valence-corrected chi connectivity index (χ1v) is 7.99. The summed E-state index contributed by atoms with van der Waals surface area (Å²) in [6.07, 6.45) is 1.73. The quantitative estimate of drug-likeness (QED) is 0.653. The molecule has 1 aliphatic heterocycles. The molecule has 0 saturated carbocycles. The van der Waals surface area contributed by atoms with Gasteiger partial charge in [-0.25, -0.2) is 0 Å². The molecule has 1 aromatic rings. The van der Waals surface area contributed by atoms with Gasteiger partial charge in [-0.05, 0) is 37.6 Å². The van der Waals surface area contributed by atoms with E-state index in [2.05, 4.69) is 5.32 Å². The van der Waals surface area contributed by atoms with Crippen LogP contribution >= 0.6 is 35.6 Å². The molecule has 4 nitrogen and oxygen atoms in total. The van der Waals surface area contributed by atoms with Crippen molar-refractivity contribution < 1.29 is 14.3 Å². The molecule has 1 fully saturated rings. The molecule has 0 unspecified atom stereocenters. The van der Waals surface area contributed by atoms with E-state index < -0.39 is 0 Å². The van der Waals surface area contributed by atoms with Crippen LogP contribution in [0.2, 0.25) is 5.02 Å². The highest BCUT2D eigenvalue weighted by molar-refractivity contribution is 8.26. The lowest BCUT2D eigenvalue weighted by atomic mass is 10.2. The fourth-order valence-corrected chi connectivity index (χ4v) is 3.11. The number of halogens is 1. The van der Waals surface area contributed by atoms with Crippen LogP contribution in [0.1, 0.15) is 19.4 Å². The molecule has 1 N–H and O–H groups in total. The van der Waals surface area contributed by atoms with Gasteiger partial charge >= 0.3 is 0 Å². The average molecular weight is 344 g/mol. The number of benzene rings is 1. The zero-order valence-corrected chi connectivity index (χ0v) is 14.0. The molecule has 1 aliphatic rings. The van der Waals surface area contributed by atoms with Gasteiger partial charge in [0.25, 0.3) is 5.91 Å². The Balaban J connectivity index is 2.39. The molecule has 0 atom stereocenters. The van der Waals surface area contributed by atoms with Gasteiger partial charge in [0.1, 0.15) is 4.32 Å². The first kappa shape index (κ1) is 16.1. The number of thiocarbonyl (C=S) groups is 1. The third kappa shape index (κ3) is 3.90. The Morgan fingerprint density at radius 1 is 1.33 bits per heavy atom. The lowest BCUT2D eigenvalue weighted by molar-refractivity contribution is -0.115. The zero-order chi connectivity index (χ0) is 15.4. The summed E-state index contributed by atoms with van der Waals surface area (Å²) in [4.78, 5) is 12.2. The Morgan fingerprint density at radius 2 is 2.05 bits per heavy atom. The van der Waals surface area contributed by atoms with E-state index >= 15 is 0 Å². The van der Waals surface area contributed by atoms with E-state index in [4.69, 9.17) is 33.3 Å². The smallest absolute Gasteiger partial charge is 0.263 e. The lowest BCUT2D eigenvalue weighted by Crippen LogP contribution is -2.17. The molecule has 2 rings (SSSR count). The van der Waals surface area contributed by atoms with Gasteiger partial charge in [0.15, 0.2) is 11.5 Å². The molecule has 21 heavy (non-hydrogen) atoms. The standard InChI is InChI=1S/C14H14ClNO3S2/c1-3-18-10-6-8(5-9(15)12(10)19-4-2)7-11-13(17)16-14(20)21-11/h5-7H,3-4H2,1-2H3,(H,16,17,20)/b11-7+. The van der Waals surface area contributed by atoms with Crippen molar-refractivity contribution in [2.45, 2.75) is 13.8 Å². The number of thioether (sulfide) groups is 1. The highest BCUT2D eigenvalue weighted by atomic mass is 35.5. The predicted octanol–water partition coefficient (Wildman–Crippen LogP) is 3.63. The van der Waals surface area contributed by atoms with Crippen molar-refractivity contribution >= 4 is 51.9 Å².